The zero-order valence-corrected chi connectivity index (χ0v) is 8.41. The van der Waals surface area contributed by atoms with Crippen LogP contribution in [0, 0.1) is 0 Å². The normalized spacial score (nSPS) is 19.8. The summed E-state index contributed by atoms with van der Waals surface area (Å²) in [6.07, 6.45) is -6.10. The zero-order valence-electron chi connectivity index (χ0n) is 8.41. The molecular weight excluding hydrogens is 268 g/mol. The highest BCUT2D eigenvalue weighted by Gasteiger charge is 2.77. The number of hydrogen-bond donors (Lipinski definition) is 1. The smallest absolute Gasteiger partial charge is 0.428 e. The fourth-order valence-corrected chi connectivity index (χ4v) is 0.753. The lowest BCUT2D eigenvalue weighted by molar-refractivity contribution is -0.320. The summed E-state index contributed by atoms with van der Waals surface area (Å²) in [6.45, 7) is -0.952. The Balaban J connectivity index is 0. The van der Waals surface area contributed by atoms with Crippen LogP contribution in [0.2, 0.25) is 0 Å². The molecule has 17 heavy (non-hydrogen) atoms. The van der Waals surface area contributed by atoms with Gasteiger partial charge in [-0.3, -0.25) is 4.70 Å². The van der Waals surface area contributed by atoms with E-state index in [0.717, 1.165) is 0 Å². The molecule has 0 spiro atoms. The van der Waals surface area contributed by atoms with Gasteiger partial charge in [-0.15, -0.1) is 0 Å². The van der Waals surface area contributed by atoms with E-state index in [0.29, 0.717) is 0 Å². The molecule has 0 amide bonds. The van der Waals surface area contributed by atoms with E-state index in [1.54, 1.807) is 0 Å². The Bertz CT molecular complexity index is 293. The van der Waals surface area contributed by atoms with Crippen LogP contribution in [0.25, 0.3) is 0 Å². The van der Waals surface area contributed by atoms with Crippen LogP contribution < -0.4 is 0 Å². The van der Waals surface area contributed by atoms with Crippen LogP contribution in [0.15, 0.2) is 0 Å². The van der Waals surface area contributed by atoms with Crippen LogP contribution in [0.4, 0.5) is 35.4 Å². The number of aliphatic carboxylic acids is 1. The SMILES string of the molecule is CC(F)(C(=O)O)C(F)(F)C(C)(F)C(F)(F)F.F. The summed E-state index contributed by atoms with van der Waals surface area (Å²) in [7, 11) is 0. The van der Waals surface area contributed by atoms with Crippen LogP contribution in [-0.4, -0.2) is 34.5 Å². The second kappa shape index (κ2) is 4.30. The topological polar surface area (TPSA) is 37.3 Å². The Labute approximate surface area is 89.8 Å². The van der Waals surface area contributed by atoms with E-state index in [2.05, 4.69) is 0 Å². The molecule has 0 aromatic rings. The summed E-state index contributed by atoms with van der Waals surface area (Å²) in [4.78, 5) is 10.1. The van der Waals surface area contributed by atoms with Crippen molar-refractivity contribution < 1.29 is 45.3 Å². The maximum Gasteiger partial charge on any atom is 0.428 e. The van der Waals surface area contributed by atoms with E-state index in [-0.39, 0.29) is 11.6 Å². The highest BCUT2D eigenvalue weighted by Crippen LogP contribution is 2.51. The van der Waals surface area contributed by atoms with Crippen LogP contribution in [-0.2, 0) is 4.79 Å². The summed E-state index contributed by atoms with van der Waals surface area (Å²) in [5.74, 6) is -8.64. The standard InChI is InChI=1S/C7H7F7O2.FH/c1-4(8,3(15)16)6(10,11)5(2,9)7(12,13)14;/h1-2H3,(H,15,16);1H. The molecular formula is C7H8F8O2. The molecule has 2 nitrogen and oxygen atoms in total. The number of carboxylic acids is 1. The number of alkyl halides is 7. The van der Waals surface area contributed by atoms with Gasteiger partial charge in [0.2, 0.25) is 0 Å². The highest BCUT2D eigenvalue weighted by atomic mass is 19.4. The number of carbonyl (C=O) groups is 1. The number of rotatable bonds is 3. The van der Waals surface area contributed by atoms with Crippen molar-refractivity contribution in [2.45, 2.75) is 37.3 Å². The van der Waals surface area contributed by atoms with Crippen LogP contribution in [0.1, 0.15) is 13.8 Å². The average molecular weight is 276 g/mol. The minimum atomic E-state index is -6.10. The molecule has 2 unspecified atom stereocenters. The lowest BCUT2D eigenvalue weighted by Crippen LogP contribution is -2.64. The number of carboxylic acid groups (broad SMARTS) is 1. The van der Waals surface area contributed by atoms with Crippen molar-refractivity contribution >= 4 is 5.97 Å². The second-order valence-electron chi connectivity index (χ2n) is 3.38. The van der Waals surface area contributed by atoms with E-state index < -0.39 is 36.3 Å². The van der Waals surface area contributed by atoms with Crippen molar-refractivity contribution in [2.24, 2.45) is 0 Å². The van der Waals surface area contributed by atoms with Gasteiger partial charge in [0.1, 0.15) is 0 Å². The lowest BCUT2D eigenvalue weighted by atomic mass is 9.86. The lowest BCUT2D eigenvalue weighted by Gasteiger charge is -2.36. The molecule has 0 fully saturated rings. The van der Waals surface area contributed by atoms with Crippen LogP contribution in [0.3, 0.4) is 0 Å². The van der Waals surface area contributed by atoms with Crippen molar-refractivity contribution in [3.63, 3.8) is 0 Å². The van der Waals surface area contributed by atoms with Crippen molar-refractivity contribution in [2.75, 3.05) is 0 Å². The second-order valence-corrected chi connectivity index (χ2v) is 3.38. The molecule has 0 aliphatic carbocycles. The first-order valence-corrected chi connectivity index (χ1v) is 3.75. The van der Waals surface area contributed by atoms with E-state index in [1.807, 2.05) is 0 Å². The molecule has 0 bridgehead atoms. The van der Waals surface area contributed by atoms with Gasteiger partial charge in [-0.1, -0.05) is 0 Å². The number of halogens is 8. The molecule has 0 radical (unpaired) electrons. The molecule has 0 aromatic carbocycles. The largest absolute Gasteiger partial charge is 0.479 e. The maximum atomic E-state index is 12.9. The minimum Gasteiger partial charge on any atom is -0.479 e. The molecule has 0 saturated carbocycles. The predicted octanol–water partition coefficient (Wildman–Crippen LogP) is 2.88. The molecule has 0 rings (SSSR count). The van der Waals surface area contributed by atoms with Gasteiger partial charge < -0.3 is 5.11 Å². The molecule has 0 saturated heterocycles. The van der Waals surface area contributed by atoms with Gasteiger partial charge in [0.25, 0.3) is 11.3 Å². The first-order chi connectivity index (χ1) is 6.69. The van der Waals surface area contributed by atoms with Crippen LogP contribution >= 0.6 is 0 Å². The first kappa shape index (κ1) is 18.3. The van der Waals surface area contributed by atoms with Crippen molar-refractivity contribution in [1.82, 2.24) is 0 Å². The fourth-order valence-electron chi connectivity index (χ4n) is 0.753. The third-order valence-electron chi connectivity index (χ3n) is 2.11. The summed E-state index contributed by atoms with van der Waals surface area (Å²) in [5.41, 5.74) is -9.96. The average Bonchev–Trinajstić information content (AvgIpc) is 2.00. The third-order valence-corrected chi connectivity index (χ3v) is 2.11. The summed E-state index contributed by atoms with van der Waals surface area (Å²) in [5, 5.41) is 8.02. The zero-order chi connectivity index (χ0) is 13.6. The Morgan fingerprint density at radius 1 is 0.941 bits per heavy atom. The van der Waals surface area contributed by atoms with Crippen molar-refractivity contribution in [3.05, 3.63) is 0 Å². The Morgan fingerprint density at radius 2 is 1.24 bits per heavy atom. The Hall–Kier alpha value is -1.09. The van der Waals surface area contributed by atoms with E-state index in [4.69, 9.17) is 5.11 Å². The van der Waals surface area contributed by atoms with E-state index >= 15 is 0 Å². The molecule has 1 N–H and O–H groups in total. The van der Waals surface area contributed by atoms with Gasteiger partial charge in [-0.25, -0.2) is 13.6 Å². The predicted molar refractivity (Wildman–Crippen MR) is 40.2 cm³/mol. The summed E-state index contributed by atoms with van der Waals surface area (Å²) < 4.78 is 87.3. The molecule has 10 heteroatoms. The van der Waals surface area contributed by atoms with Gasteiger partial charge in [-0.05, 0) is 13.8 Å². The minimum absolute atomic E-state index is 0. The third kappa shape index (κ3) is 2.44. The van der Waals surface area contributed by atoms with Gasteiger partial charge in [0.05, 0.1) is 0 Å². The molecule has 0 aliphatic heterocycles. The summed E-state index contributed by atoms with van der Waals surface area (Å²) >= 11 is 0. The highest BCUT2D eigenvalue weighted by molar-refractivity contribution is 5.78. The summed E-state index contributed by atoms with van der Waals surface area (Å²) in [6, 6.07) is 0. The Kier molecular flexibility index (Phi) is 4.62. The molecule has 104 valence electrons. The van der Waals surface area contributed by atoms with Gasteiger partial charge in [-0.2, -0.15) is 22.0 Å². The quantitative estimate of drug-likeness (QED) is 0.805. The van der Waals surface area contributed by atoms with Crippen molar-refractivity contribution in [3.8, 4) is 0 Å². The maximum absolute atomic E-state index is 12.9. The Morgan fingerprint density at radius 3 is 1.41 bits per heavy atom. The molecule has 0 aromatic heterocycles. The van der Waals surface area contributed by atoms with E-state index in [1.165, 1.54) is 0 Å². The first-order valence-electron chi connectivity index (χ1n) is 3.75. The molecule has 2 atom stereocenters. The van der Waals surface area contributed by atoms with Gasteiger partial charge in [0, 0.05) is 0 Å². The van der Waals surface area contributed by atoms with E-state index in [9.17, 15) is 35.5 Å². The van der Waals surface area contributed by atoms with Gasteiger partial charge >= 0.3 is 18.1 Å². The van der Waals surface area contributed by atoms with Crippen molar-refractivity contribution in [1.29, 1.82) is 0 Å². The van der Waals surface area contributed by atoms with Gasteiger partial charge in [0.15, 0.2) is 0 Å². The monoisotopic (exact) mass is 276 g/mol. The number of hydrogen-bond acceptors (Lipinski definition) is 1. The molecule has 0 heterocycles. The molecule has 0 aliphatic rings. The fraction of sp³-hybridized carbons (Fsp3) is 0.857. The van der Waals surface area contributed by atoms with Crippen LogP contribution in [0.5, 0.6) is 0 Å².